The summed E-state index contributed by atoms with van der Waals surface area (Å²) >= 11 is 0. The monoisotopic (exact) mass is 210 g/mol. The summed E-state index contributed by atoms with van der Waals surface area (Å²) in [5.41, 5.74) is 7.21. The molecule has 1 unspecified atom stereocenters. The van der Waals surface area contributed by atoms with Crippen LogP contribution in [0.3, 0.4) is 0 Å². The van der Waals surface area contributed by atoms with Crippen molar-refractivity contribution in [2.24, 2.45) is 12.8 Å². The molecule has 0 saturated carbocycles. The normalized spacial score (nSPS) is 12.5. The first-order valence-electron chi connectivity index (χ1n) is 5.04. The van der Waals surface area contributed by atoms with E-state index < -0.39 is 0 Å². The number of esters is 1. The summed E-state index contributed by atoms with van der Waals surface area (Å²) in [5.74, 6) is 0.0725. The number of rotatable bonds is 4. The zero-order valence-corrected chi connectivity index (χ0v) is 9.49. The fraction of sp³-hybridized carbons (Fsp3) is 0.545. The number of nitrogens with two attached hydrogens (primary N) is 1. The predicted molar refractivity (Wildman–Crippen MR) is 58.8 cm³/mol. The van der Waals surface area contributed by atoms with E-state index in [9.17, 15) is 4.79 Å². The third-order valence-electron chi connectivity index (χ3n) is 2.59. The first kappa shape index (κ1) is 11.8. The van der Waals surface area contributed by atoms with E-state index in [1.807, 2.05) is 19.3 Å². The maximum atomic E-state index is 11.4. The van der Waals surface area contributed by atoms with Crippen LogP contribution in [-0.2, 0) is 11.8 Å². The van der Waals surface area contributed by atoms with Crippen molar-refractivity contribution < 1.29 is 9.53 Å². The molecule has 2 N–H and O–H groups in total. The lowest BCUT2D eigenvalue weighted by molar-refractivity contribution is 0.0590. The van der Waals surface area contributed by atoms with Crippen molar-refractivity contribution in [1.82, 2.24) is 4.57 Å². The largest absolute Gasteiger partial charge is 0.464 e. The number of aryl methyl sites for hydroxylation is 1. The van der Waals surface area contributed by atoms with E-state index in [4.69, 9.17) is 5.73 Å². The van der Waals surface area contributed by atoms with E-state index in [1.54, 1.807) is 4.57 Å². The van der Waals surface area contributed by atoms with Crippen LogP contribution in [0.4, 0.5) is 0 Å². The van der Waals surface area contributed by atoms with Gasteiger partial charge in [0.2, 0.25) is 0 Å². The van der Waals surface area contributed by atoms with Gasteiger partial charge >= 0.3 is 5.97 Å². The molecule has 0 bridgehead atoms. The molecule has 0 fully saturated rings. The Morgan fingerprint density at radius 2 is 2.33 bits per heavy atom. The molecule has 0 radical (unpaired) electrons. The summed E-state index contributed by atoms with van der Waals surface area (Å²) in [7, 11) is 3.23. The van der Waals surface area contributed by atoms with Gasteiger partial charge in [-0.05, 0) is 30.5 Å². The van der Waals surface area contributed by atoms with Crippen LogP contribution < -0.4 is 5.73 Å². The Hall–Kier alpha value is -1.29. The Balaban J connectivity index is 2.90. The third-order valence-corrected chi connectivity index (χ3v) is 2.59. The fourth-order valence-electron chi connectivity index (χ4n) is 1.58. The lowest BCUT2D eigenvalue weighted by Crippen LogP contribution is -2.06. The van der Waals surface area contributed by atoms with Gasteiger partial charge in [0.05, 0.1) is 7.11 Å². The fourth-order valence-corrected chi connectivity index (χ4v) is 1.58. The second kappa shape index (κ2) is 4.98. The molecule has 1 aromatic rings. The van der Waals surface area contributed by atoms with Crippen LogP contribution in [0.1, 0.15) is 35.3 Å². The third kappa shape index (κ3) is 2.59. The minimum atomic E-state index is -0.302. The van der Waals surface area contributed by atoms with Crippen LogP contribution in [0, 0.1) is 0 Å². The topological polar surface area (TPSA) is 57.2 Å². The van der Waals surface area contributed by atoms with Crippen LogP contribution in [0.5, 0.6) is 0 Å². The van der Waals surface area contributed by atoms with Crippen LogP contribution in [-0.4, -0.2) is 24.2 Å². The molecule has 15 heavy (non-hydrogen) atoms. The first-order chi connectivity index (χ1) is 7.10. The number of nitrogens with zero attached hydrogens (tertiary/aromatic N) is 1. The lowest BCUT2D eigenvalue weighted by Gasteiger charge is -2.06. The van der Waals surface area contributed by atoms with Crippen LogP contribution >= 0.6 is 0 Å². The van der Waals surface area contributed by atoms with Gasteiger partial charge in [0.15, 0.2) is 0 Å². The SMILES string of the molecule is COC(=O)c1cc(C(C)CCN)cn1C. The molecule has 0 aromatic carbocycles. The molecule has 1 heterocycles. The zero-order chi connectivity index (χ0) is 11.4. The second-order valence-corrected chi connectivity index (χ2v) is 3.74. The molecule has 1 aromatic heterocycles. The van der Waals surface area contributed by atoms with Crippen molar-refractivity contribution in [3.8, 4) is 0 Å². The molecule has 1 atom stereocenters. The summed E-state index contributed by atoms with van der Waals surface area (Å²) in [4.78, 5) is 11.4. The molecule has 0 amide bonds. The van der Waals surface area contributed by atoms with Crippen molar-refractivity contribution in [2.45, 2.75) is 19.3 Å². The molecule has 0 saturated heterocycles. The van der Waals surface area contributed by atoms with E-state index >= 15 is 0 Å². The molecule has 0 aliphatic heterocycles. The number of ether oxygens (including phenoxy) is 1. The molecule has 84 valence electrons. The number of carbonyl (C=O) groups excluding carboxylic acids is 1. The standard InChI is InChI=1S/C11H18N2O2/c1-8(4-5-12)9-6-10(11(14)15-3)13(2)7-9/h6-8H,4-5,12H2,1-3H3. The van der Waals surface area contributed by atoms with Crippen molar-refractivity contribution in [3.63, 3.8) is 0 Å². The van der Waals surface area contributed by atoms with Gasteiger partial charge in [0.1, 0.15) is 5.69 Å². The van der Waals surface area contributed by atoms with E-state index in [1.165, 1.54) is 7.11 Å². The average molecular weight is 210 g/mol. The minimum absolute atomic E-state index is 0.302. The van der Waals surface area contributed by atoms with Gasteiger partial charge in [-0.2, -0.15) is 0 Å². The number of hydrogen-bond donors (Lipinski definition) is 1. The van der Waals surface area contributed by atoms with Gasteiger partial charge in [0.25, 0.3) is 0 Å². The van der Waals surface area contributed by atoms with Crippen molar-refractivity contribution >= 4 is 5.97 Å². The van der Waals surface area contributed by atoms with Gasteiger partial charge in [-0.15, -0.1) is 0 Å². The van der Waals surface area contributed by atoms with E-state index in [-0.39, 0.29) is 5.97 Å². The smallest absolute Gasteiger partial charge is 0.354 e. The molecular weight excluding hydrogens is 192 g/mol. The Bertz CT molecular complexity index is 344. The predicted octanol–water partition coefficient (Wildman–Crippen LogP) is 1.26. The molecule has 0 spiro atoms. The van der Waals surface area contributed by atoms with Gasteiger partial charge in [-0.3, -0.25) is 0 Å². The average Bonchev–Trinajstić information content (AvgIpc) is 2.60. The highest BCUT2D eigenvalue weighted by molar-refractivity contribution is 5.87. The maximum Gasteiger partial charge on any atom is 0.354 e. The van der Waals surface area contributed by atoms with Crippen molar-refractivity contribution in [2.75, 3.05) is 13.7 Å². The van der Waals surface area contributed by atoms with Gasteiger partial charge in [-0.25, -0.2) is 4.79 Å². The van der Waals surface area contributed by atoms with E-state index in [0.29, 0.717) is 18.2 Å². The maximum absolute atomic E-state index is 11.4. The Kier molecular flexibility index (Phi) is 3.91. The number of aromatic nitrogens is 1. The molecule has 0 aliphatic rings. The number of carbonyl (C=O) groups is 1. The van der Waals surface area contributed by atoms with Crippen LogP contribution in [0.15, 0.2) is 12.3 Å². The summed E-state index contributed by atoms with van der Waals surface area (Å²) in [6.07, 6.45) is 2.87. The highest BCUT2D eigenvalue weighted by Gasteiger charge is 2.14. The highest BCUT2D eigenvalue weighted by atomic mass is 16.5. The summed E-state index contributed by atoms with van der Waals surface area (Å²) in [5, 5.41) is 0. The van der Waals surface area contributed by atoms with Crippen molar-refractivity contribution in [3.05, 3.63) is 23.5 Å². The summed E-state index contributed by atoms with van der Waals surface area (Å²) in [6, 6.07) is 1.87. The van der Waals surface area contributed by atoms with Gasteiger partial charge in [0, 0.05) is 13.2 Å². The molecule has 0 aliphatic carbocycles. The molecule has 1 rings (SSSR count). The zero-order valence-electron chi connectivity index (χ0n) is 9.49. The number of methoxy groups -OCH3 is 1. The first-order valence-corrected chi connectivity index (χ1v) is 5.04. The quantitative estimate of drug-likeness (QED) is 0.761. The van der Waals surface area contributed by atoms with Crippen molar-refractivity contribution in [1.29, 1.82) is 0 Å². The summed E-state index contributed by atoms with van der Waals surface area (Å²) in [6.45, 7) is 2.76. The molecular formula is C11H18N2O2. The van der Waals surface area contributed by atoms with Gasteiger partial charge < -0.3 is 15.0 Å². The Labute approximate surface area is 90.0 Å². The summed E-state index contributed by atoms with van der Waals surface area (Å²) < 4.78 is 6.47. The van der Waals surface area contributed by atoms with E-state index in [2.05, 4.69) is 11.7 Å². The molecule has 4 nitrogen and oxygen atoms in total. The van der Waals surface area contributed by atoms with Crippen LogP contribution in [0.25, 0.3) is 0 Å². The van der Waals surface area contributed by atoms with Crippen LogP contribution in [0.2, 0.25) is 0 Å². The Morgan fingerprint density at radius 3 is 2.87 bits per heavy atom. The van der Waals surface area contributed by atoms with E-state index in [0.717, 1.165) is 12.0 Å². The lowest BCUT2D eigenvalue weighted by atomic mass is 10.0. The van der Waals surface area contributed by atoms with Gasteiger partial charge in [-0.1, -0.05) is 6.92 Å². The minimum Gasteiger partial charge on any atom is -0.464 e. The second-order valence-electron chi connectivity index (χ2n) is 3.74. The molecule has 4 heteroatoms. The Morgan fingerprint density at radius 1 is 1.67 bits per heavy atom. The highest BCUT2D eigenvalue weighted by Crippen LogP contribution is 2.20. The number of hydrogen-bond acceptors (Lipinski definition) is 3.